The van der Waals surface area contributed by atoms with Crippen molar-refractivity contribution in [3.63, 3.8) is 0 Å². The lowest BCUT2D eigenvalue weighted by atomic mass is 10.1. The van der Waals surface area contributed by atoms with Gasteiger partial charge in [-0.05, 0) is 30.5 Å². The van der Waals surface area contributed by atoms with E-state index >= 15 is 0 Å². The summed E-state index contributed by atoms with van der Waals surface area (Å²) < 4.78 is 5.92. The number of pyridine rings is 1. The van der Waals surface area contributed by atoms with Crippen LogP contribution in [0.2, 0.25) is 0 Å². The highest BCUT2D eigenvalue weighted by Gasteiger charge is 2.19. The molecule has 0 radical (unpaired) electrons. The lowest BCUT2D eigenvalue weighted by Gasteiger charge is -2.18. The molecule has 1 saturated heterocycles. The van der Waals surface area contributed by atoms with Crippen molar-refractivity contribution in [2.75, 3.05) is 18.1 Å². The van der Waals surface area contributed by atoms with E-state index in [-0.39, 0.29) is 0 Å². The number of aromatic nitrogens is 1. The third-order valence-electron chi connectivity index (χ3n) is 4.52. The first-order chi connectivity index (χ1) is 10.9. The fraction of sp³-hybridized carbons (Fsp3) is 0.389. The number of ether oxygens (including phenoxy) is 1. The highest BCUT2D eigenvalue weighted by molar-refractivity contribution is 5.52. The third-order valence-corrected chi connectivity index (χ3v) is 4.52. The maximum atomic E-state index is 5.92. The minimum atomic E-state index is 0.486. The van der Waals surface area contributed by atoms with Gasteiger partial charge in [-0.1, -0.05) is 24.3 Å². The van der Waals surface area contributed by atoms with Gasteiger partial charge in [-0.2, -0.15) is 0 Å². The Morgan fingerprint density at radius 1 is 1.18 bits per heavy atom. The molecule has 1 aromatic heterocycles. The molecule has 1 fully saturated rings. The molecule has 4 rings (SSSR count). The van der Waals surface area contributed by atoms with E-state index in [2.05, 4.69) is 45.5 Å². The van der Waals surface area contributed by atoms with Crippen LogP contribution in [0.15, 0.2) is 42.7 Å². The molecule has 4 nitrogen and oxygen atoms in total. The van der Waals surface area contributed by atoms with E-state index in [1.807, 2.05) is 12.4 Å². The van der Waals surface area contributed by atoms with Gasteiger partial charge in [0.15, 0.2) is 0 Å². The number of hydrogen-bond acceptors (Lipinski definition) is 4. The van der Waals surface area contributed by atoms with E-state index in [4.69, 9.17) is 4.74 Å². The van der Waals surface area contributed by atoms with Gasteiger partial charge in [0.05, 0.1) is 18.1 Å². The zero-order chi connectivity index (χ0) is 14.8. The fourth-order valence-electron chi connectivity index (χ4n) is 3.27. The third kappa shape index (κ3) is 2.79. The van der Waals surface area contributed by atoms with Crippen LogP contribution in [0, 0.1) is 0 Å². The van der Waals surface area contributed by atoms with Gasteiger partial charge >= 0.3 is 0 Å². The summed E-state index contributed by atoms with van der Waals surface area (Å²) >= 11 is 0. The number of nitrogens with one attached hydrogen (secondary N) is 1. The average Bonchev–Trinajstić information content (AvgIpc) is 3.22. The van der Waals surface area contributed by atoms with E-state index in [1.54, 1.807) is 0 Å². The molecule has 0 unspecified atom stereocenters. The predicted molar refractivity (Wildman–Crippen MR) is 87.1 cm³/mol. The molecule has 0 bridgehead atoms. The van der Waals surface area contributed by atoms with Gasteiger partial charge < -0.3 is 15.0 Å². The second-order valence-corrected chi connectivity index (χ2v) is 6.11. The number of nitrogens with zero attached hydrogens (tertiary/aromatic N) is 2. The van der Waals surface area contributed by atoms with Gasteiger partial charge in [-0.25, -0.2) is 0 Å². The van der Waals surface area contributed by atoms with E-state index in [1.165, 1.54) is 24.0 Å². The normalized spacial score (nSPS) is 20.2. The second-order valence-electron chi connectivity index (χ2n) is 6.11. The molecule has 0 amide bonds. The van der Waals surface area contributed by atoms with Crippen LogP contribution in [0.4, 0.5) is 5.69 Å². The molecule has 1 atom stereocenters. The van der Waals surface area contributed by atoms with Gasteiger partial charge in [0.2, 0.25) is 0 Å². The maximum absolute atomic E-state index is 5.92. The van der Waals surface area contributed by atoms with Crippen LogP contribution < -0.4 is 15.0 Å². The van der Waals surface area contributed by atoms with Crippen molar-refractivity contribution in [1.29, 1.82) is 0 Å². The maximum Gasteiger partial charge on any atom is 0.139 e. The quantitative estimate of drug-likeness (QED) is 0.941. The summed E-state index contributed by atoms with van der Waals surface area (Å²) in [7, 11) is 0. The van der Waals surface area contributed by atoms with Crippen LogP contribution in [-0.4, -0.2) is 24.2 Å². The van der Waals surface area contributed by atoms with Crippen LogP contribution in [0.3, 0.4) is 0 Å². The molecule has 1 N–H and O–H groups in total. The Kier molecular flexibility index (Phi) is 3.69. The summed E-state index contributed by atoms with van der Waals surface area (Å²) in [5.74, 6) is 0.863. The lowest BCUT2D eigenvalue weighted by Crippen LogP contribution is -2.28. The van der Waals surface area contributed by atoms with Crippen molar-refractivity contribution in [2.45, 2.75) is 32.0 Å². The molecule has 0 spiro atoms. The Labute approximate surface area is 131 Å². The Bertz CT molecular complexity index is 627. The van der Waals surface area contributed by atoms with E-state index < -0.39 is 0 Å². The summed E-state index contributed by atoms with van der Waals surface area (Å²) in [4.78, 5) is 6.70. The summed E-state index contributed by atoms with van der Waals surface area (Å²) in [6, 6.07) is 11.2. The van der Waals surface area contributed by atoms with E-state index in [0.29, 0.717) is 6.04 Å². The number of rotatable bonds is 4. The van der Waals surface area contributed by atoms with Crippen LogP contribution in [0.25, 0.3) is 0 Å². The number of benzene rings is 1. The molecule has 0 aliphatic carbocycles. The minimum absolute atomic E-state index is 0.486. The molecule has 2 aromatic rings. The smallest absolute Gasteiger partial charge is 0.139 e. The highest BCUT2D eigenvalue weighted by Crippen LogP contribution is 2.29. The fourth-order valence-corrected chi connectivity index (χ4v) is 3.27. The van der Waals surface area contributed by atoms with Gasteiger partial charge in [0, 0.05) is 25.2 Å². The predicted octanol–water partition coefficient (Wildman–Crippen LogP) is 2.73. The Morgan fingerprint density at radius 3 is 2.73 bits per heavy atom. The van der Waals surface area contributed by atoms with Crippen LogP contribution in [-0.2, 0) is 13.1 Å². The van der Waals surface area contributed by atoms with Crippen molar-refractivity contribution in [3.8, 4) is 5.75 Å². The lowest BCUT2D eigenvalue weighted by molar-refractivity contribution is 0.276. The highest BCUT2D eigenvalue weighted by atomic mass is 16.5. The van der Waals surface area contributed by atoms with Crippen molar-refractivity contribution < 1.29 is 4.74 Å². The summed E-state index contributed by atoms with van der Waals surface area (Å²) in [6.07, 6.45) is 6.18. The zero-order valence-corrected chi connectivity index (χ0v) is 12.7. The first-order valence-corrected chi connectivity index (χ1v) is 8.01. The van der Waals surface area contributed by atoms with Crippen LogP contribution in [0.1, 0.15) is 24.0 Å². The van der Waals surface area contributed by atoms with Gasteiger partial charge in [0.1, 0.15) is 12.4 Å². The number of fused-ring (bicyclic) bond motifs is 1. The van der Waals surface area contributed by atoms with Gasteiger partial charge in [-0.15, -0.1) is 0 Å². The van der Waals surface area contributed by atoms with E-state index in [0.717, 1.165) is 37.7 Å². The average molecular weight is 295 g/mol. The Morgan fingerprint density at radius 2 is 2.00 bits per heavy atom. The molecular weight excluding hydrogens is 274 g/mol. The minimum Gasteiger partial charge on any atom is -0.490 e. The topological polar surface area (TPSA) is 37.4 Å². The summed E-state index contributed by atoms with van der Waals surface area (Å²) in [5.41, 5.74) is 3.95. The monoisotopic (exact) mass is 295 g/mol. The van der Waals surface area contributed by atoms with Crippen molar-refractivity contribution in [2.24, 2.45) is 0 Å². The molecule has 4 heteroatoms. The molecule has 114 valence electrons. The SMILES string of the molecule is c1ccc2c(c1)CN(c1cncc(OC[C@@H]3CCCN3)c1)C2. The molecule has 2 aliphatic heterocycles. The largest absolute Gasteiger partial charge is 0.490 e. The van der Waals surface area contributed by atoms with E-state index in [9.17, 15) is 0 Å². The van der Waals surface area contributed by atoms with Crippen molar-refractivity contribution in [1.82, 2.24) is 10.3 Å². The molecular formula is C18H21N3O. The number of anilines is 1. The first kappa shape index (κ1) is 13.6. The molecule has 1 aromatic carbocycles. The first-order valence-electron chi connectivity index (χ1n) is 8.01. The second kappa shape index (κ2) is 5.97. The summed E-state index contributed by atoms with van der Waals surface area (Å²) in [5, 5.41) is 3.45. The summed E-state index contributed by atoms with van der Waals surface area (Å²) in [6.45, 7) is 3.74. The Hall–Kier alpha value is -2.07. The van der Waals surface area contributed by atoms with Crippen molar-refractivity contribution >= 4 is 5.69 Å². The van der Waals surface area contributed by atoms with Gasteiger partial charge in [-0.3, -0.25) is 4.98 Å². The molecule has 0 saturated carbocycles. The Balaban J connectivity index is 1.44. The van der Waals surface area contributed by atoms with Gasteiger partial charge in [0.25, 0.3) is 0 Å². The van der Waals surface area contributed by atoms with Crippen LogP contribution in [0.5, 0.6) is 5.75 Å². The van der Waals surface area contributed by atoms with Crippen LogP contribution >= 0.6 is 0 Å². The molecule has 3 heterocycles. The number of hydrogen-bond donors (Lipinski definition) is 1. The zero-order valence-electron chi connectivity index (χ0n) is 12.7. The standard InChI is InChI=1S/C18H21N3O/c1-2-5-15-12-21(11-14(15)4-1)17-8-18(10-19-9-17)22-13-16-6-3-7-20-16/h1-2,4-5,8-10,16,20H,3,6-7,11-13H2/t16-/m0/s1. The molecule has 2 aliphatic rings. The van der Waals surface area contributed by atoms with Crippen molar-refractivity contribution in [3.05, 3.63) is 53.9 Å². The molecule has 22 heavy (non-hydrogen) atoms.